The molecule has 1 aromatic carbocycles. The van der Waals surface area contributed by atoms with E-state index in [-0.39, 0.29) is 35.2 Å². The van der Waals surface area contributed by atoms with Crippen LogP contribution >= 0.6 is 11.6 Å². The van der Waals surface area contributed by atoms with Crippen molar-refractivity contribution in [3.8, 4) is 0 Å². The summed E-state index contributed by atoms with van der Waals surface area (Å²) >= 11 is 5.90. The lowest BCUT2D eigenvalue weighted by Gasteiger charge is -2.29. The monoisotopic (exact) mass is 595 g/mol. The van der Waals surface area contributed by atoms with Crippen LogP contribution in [0.25, 0.3) is 0 Å². The van der Waals surface area contributed by atoms with Gasteiger partial charge in [0.2, 0.25) is 11.8 Å². The quantitative estimate of drug-likeness (QED) is 0.387. The number of carbonyl (C=O) groups is 2. The van der Waals surface area contributed by atoms with Crippen LogP contribution in [0.1, 0.15) is 17.7 Å². The van der Waals surface area contributed by atoms with Gasteiger partial charge in [-0.15, -0.1) is 0 Å². The third kappa shape index (κ3) is 7.14. The van der Waals surface area contributed by atoms with Gasteiger partial charge in [-0.05, 0) is 57.8 Å². The molecule has 1 saturated heterocycles. The van der Waals surface area contributed by atoms with E-state index in [0.717, 1.165) is 24.7 Å². The van der Waals surface area contributed by atoms with Crippen molar-refractivity contribution >= 4 is 40.7 Å². The van der Waals surface area contributed by atoms with E-state index in [4.69, 9.17) is 11.6 Å². The maximum Gasteiger partial charge on any atom is 0.416 e. The van der Waals surface area contributed by atoms with Crippen LogP contribution < -0.4 is 15.1 Å². The number of halogens is 5. The first-order valence-electron chi connectivity index (χ1n) is 12.8. The second-order valence-corrected chi connectivity index (χ2v) is 10.6. The first-order valence-corrected chi connectivity index (χ1v) is 13.1. The Labute approximate surface area is 239 Å². The number of nitrogens with zero attached hydrogens (tertiary/aromatic N) is 6. The summed E-state index contributed by atoms with van der Waals surface area (Å²) in [6.07, 6.45) is -2.90. The van der Waals surface area contributed by atoms with Gasteiger partial charge < -0.3 is 20.0 Å². The highest BCUT2D eigenvalue weighted by Crippen LogP contribution is 2.36. The molecule has 2 atom stereocenters. The van der Waals surface area contributed by atoms with E-state index in [0.29, 0.717) is 12.4 Å². The highest BCUT2D eigenvalue weighted by atomic mass is 35.5. The van der Waals surface area contributed by atoms with Crippen LogP contribution in [0.5, 0.6) is 0 Å². The number of likely N-dealkylation sites (N-methyl/N-ethyl adjacent to an activating group) is 2. The first-order chi connectivity index (χ1) is 19.2. The maximum atomic E-state index is 13.7. The number of hydrogen-bond donors (Lipinski definition) is 1. The summed E-state index contributed by atoms with van der Waals surface area (Å²) in [6, 6.07) is 6.15. The molecule has 41 heavy (non-hydrogen) atoms. The molecule has 0 radical (unpaired) electrons. The number of amides is 2. The average Bonchev–Trinajstić information content (AvgIpc) is 3.55. The zero-order valence-electron chi connectivity index (χ0n) is 22.9. The number of anilines is 3. The largest absolute Gasteiger partial charge is 0.416 e. The lowest BCUT2D eigenvalue weighted by molar-refractivity contribution is -0.137. The Kier molecular flexibility index (Phi) is 8.88. The van der Waals surface area contributed by atoms with Crippen molar-refractivity contribution < 1.29 is 27.2 Å². The molecular formula is C27H30ClF4N7O2. The Morgan fingerprint density at radius 3 is 2.54 bits per heavy atom. The number of aryl methyl sites for hydroxylation is 1. The molecule has 4 rings (SSSR count). The molecule has 220 valence electrons. The van der Waals surface area contributed by atoms with Gasteiger partial charge in [-0.2, -0.15) is 18.3 Å². The van der Waals surface area contributed by atoms with Crippen LogP contribution in [-0.2, 0) is 22.3 Å². The highest BCUT2D eigenvalue weighted by Gasteiger charge is 2.43. The van der Waals surface area contributed by atoms with E-state index >= 15 is 0 Å². The van der Waals surface area contributed by atoms with Crippen molar-refractivity contribution in [2.45, 2.75) is 32.1 Å². The minimum absolute atomic E-state index is 0.00223. The summed E-state index contributed by atoms with van der Waals surface area (Å²) in [6.45, 7) is 2.72. The van der Waals surface area contributed by atoms with Crippen molar-refractivity contribution in [3.63, 3.8) is 0 Å². The zero-order valence-corrected chi connectivity index (χ0v) is 23.7. The Bertz CT molecular complexity index is 1430. The lowest BCUT2D eigenvalue weighted by atomic mass is 10.0. The van der Waals surface area contributed by atoms with Crippen molar-refractivity contribution in [3.05, 3.63) is 64.7 Å². The third-order valence-electron chi connectivity index (χ3n) is 6.81. The number of rotatable bonds is 8. The molecule has 3 aromatic rings. The van der Waals surface area contributed by atoms with Crippen LogP contribution in [-0.4, -0.2) is 71.8 Å². The van der Waals surface area contributed by atoms with Crippen molar-refractivity contribution in [1.29, 1.82) is 0 Å². The van der Waals surface area contributed by atoms with E-state index in [1.807, 2.05) is 19.0 Å². The minimum Gasteiger partial charge on any atom is -0.344 e. The van der Waals surface area contributed by atoms with Gasteiger partial charge in [0.1, 0.15) is 17.7 Å². The van der Waals surface area contributed by atoms with Crippen molar-refractivity contribution in [1.82, 2.24) is 19.7 Å². The van der Waals surface area contributed by atoms with Gasteiger partial charge in [0.05, 0.1) is 23.0 Å². The number of pyridine rings is 1. The predicted octanol–water partition coefficient (Wildman–Crippen LogP) is 4.46. The van der Waals surface area contributed by atoms with Gasteiger partial charge in [0.25, 0.3) is 0 Å². The van der Waals surface area contributed by atoms with Crippen LogP contribution in [0.2, 0.25) is 5.02 Å². The van der Waals surface area contributed by atoms with Gasteiger partial charge in [-0.3, -0.25) is 14.3 Å². The standard InChI is InChI=1S/C27H30ClF4N7O2/c1-16-11-18(27(30,31)32)13-24(33-16)39-15-17(25(40)34-23-7-8-38(35-23)10-9-36(2)3)12-22(39)26(41)37(4)19-5-6-21(29)20(28)14-19/h5-8,11,13-14,17,22H,9-10,12,15H2,1-4H3,(H,34,35,40)/t17-,22-/m0/s1. The van der Waals surface area contributed by atoms with E-state index in [1.54, 1.807) is 16.9 Å². The number of hydrogen-bond acceptors (Lipinski definition) is 6. The first kappa shape index (κ1) is 30.3. The number of benzene rings is 1. The Hall–Kier alpha value is -3.71. The summed E-state index contributed by atoms with van der Waals surface area (Å²) in [4.78, 5) is 35.9. The number of carbonyl (C=O) groups excluding carboxylic acids is 2. The fraction of sp³-hybridized carbons (Fsp3) is 0.407. The van der Waals surface area contributed by atoms with Gasteiger partial charge in [-0.1, -0.05) is 11.6 Å². The smallest absolute Gasteiger partial charge is 0.344 e. The molecular weight excluding hydrogens is 566 g/mol. The molecule has 1 fully saturated rings. The van der Waals surface area contributed by atoms with Crippen LogP contribution in [0.4, 0.5) is 34.9 Å². The van der Waals surface area contributed by atoms with Crippen LogP contribution in [0, 0.1) is 18.7 Å². The third-order valence-corrected chi connectivity index (χ3v) is 7.10. The summed E-state index contributed by atoms with van der Waals surface area (Å²) in [7, 11) is 5.31. The van der Waals surface area contributed by atoms with Crippen LogP contribution in [0.3, 0.4) is 0 Å². The molecule has 3 heterocycles. The predicted molar refractivity (Wildman–Crippen MR) is 147 cm³/mol. The van der Waals surface area contributed by atoms with Gasteiger partial charge in [-0.25, -0.2) is 9.37 Å². The van der Waals surface area contributed by atoms with E-state index in [1.165, 1.54) is 35.9 Å². The molecule has 9 nitrogen and oxygen atoms in total. The fourth-order valence-corrected chi connectivity index (χ4v) is 4.78. The second kappa shape index (κ2) is 12.0. The molecule has 1 aliphatic rings. The molecule has 2 amide bonds. The summed E-state index contributed by atoms with van der Waals surface area (Å²) in [5.41, 5.74) is -0.525. The molecule has 1 N–H and O–H groups in total. The Morgan fingerprint density at radius 2 is 1.88 bits per heavy atom. The summed E-state index contributed by atoms with van der Waals surface area (Å²) < 4.78 is 56.3. The lowest BCUT2D eigenvalue weighted by Crippen LogP contribution is -2.44. The van der Waals surface area contributed by atoms with Gasteiger partial charge >= 0.3 is 6.18 Å². The fourth-order valence-electron chi connectivity index (χ4n) is 4.60. The number of nitrogens with one attached hydrogen (secondary N) is 1. The molecule has 0 spiro atoms. The summed E-state index contributed by atoms with van der Waals surface area (Å²) in [5.74, 6) is -2.14. The van der Waals surface area contributed by atoms with Gasteiger partial charge in [0.15, 0.2) is 5.82 Å². The van der Waals surface area contributed by atoms with Gasteiger partial charge in [0, 0.05) is 43.8 Å². The zero-order chi connectivity index (χ0) is 30.1. The maximum absolute atomic E-state index is 13.7. The molecule has 0 aliphatic carbocycles. The Balaban J connectivity index is 1.61. The number of aromatic nitrogens is 3. The van der Waals surface area contributed by atoms with Crippen LogP contribution in [0.15, 0.2) is 42.6 Å². The summed E-state index contributed by atoms with van der Waals surface area (Å²) in [5, 5.41) is 6.90. The molecule has 0 saturated carbocycles. The molecule has 1 aliphatic heterocycles. The van der Waals surface area contributed by atoms with E-state index in [2.05, 4.69) is 15.4 Å². The van der Waals surface area contributed by atoms with E-state index < -0.39 is 41.3 Å². The topological polar surface area (TPSA) is 86.6 Å². The second-order valence-electron chi connectivity index (χ2n) is 10.2. The minimum atomic E-state index is -4.63. The number of alkyl halides is 3. The highest BCUT2D eigenvalue weighted by molar-refractivity contribution is 6.31. The normalized spacial score (nSPS) is 17.3. The SMILES string of the molecule is Cc1cc(C(F)(F)F)cc(N2C[C@@H](C(=O)Nc3ccn(CCN(C)C)n3)C[C@H]2C(=O)N(C)c2ccc(F)c(Cl)c2)n1. The van der Waals surface area contributed by atoms with Crippen molar-refractivity contribution in [2.24, 2.45) is 5.92 Å². The van der Waals surface area contributed by atoms with Crippen molar-refractivity contribution in [2.75, 3.05) is 49.3 Å². The average molecular weight is 596 g/mol. The Morgan fingerprint density at radius 1 is 1.15 bits per heavy atom. The molecule has 2 aromatic heterocycles. The molecule has 0 unspecified atom stereocenters. The van der Waals surface area contributed by atoms with E-state index in [9.17, 15) is 27.2 Å². The molecule has 0 bridgehead atoms. The molecule has 14 heteroatoms.